The number of nitrogens with one attached hydrogen (secondary N) is 1. The van der Waals surface area contributed by atoms with Gasteiger partial charge >= 0.3 is 0 Å². The maximum atomic E-state index is 13.3. The van der Waals surface area contributed by atoms with E-state index in [2.05, 4.69) is 21.2 Å². The molecule has 1 aromatic rings. The van der Waals surface area contributed by atoms with Crippen molar-refractivity contribution in [2.75, 3.05) is 24.5 Å². The third-order valence-electron chi connectivity index (χ3n) is 5.51. The Morgan fingerprint density at radius 2 is 1.86 bits per heavy atom. The van der Waals surface area contributed by atoms with Crippen molar-refractivity contribution in [3.8, 4) is 0 Å². The van der Waals surface area contributed by atoms with Crippen molar-refractivity contribution in [3.05, 3.63) is 22.2 Å². The van der Waals surface area contributed by atoms with Crippen LogP contribution >= 0.6 is 15.9 Å². The van der Waals surface area contributed by atoms with E-state index in [1.54, 1.807) is 17.9 Å². The van der Waals surface area contributed by atoms with Crippen LogP contribution in [-0.2, 0) is 26.0 Å². The number of piperidine rings is 1. The monoisotopic (exact) mass is 485 g/mol. The minimum absolute atomic E-state index is 0.00796. The van der Waals surface area contributed by atoms with Crippen molar-refractivity contribution >= 4 is 43.5 Å². The van der Waals surface area contributed by atoms with Crippen LogP contribution in [0.1, 0.15) is 45.6 Å². The minimum atomic E-state index is -3.73. The number of amides is 2. The summed E-state index contributed by atoms with van der Waals surface area (Å²) < 4.78 is 28.6. The van der Waals surface area contributed by atoms with E-state index in [9.17, 15) is 18.0 Å². The van der Waals surface area contributed by atoms with E-state index in [1.807, 2.05) is 19.9 Å². The number of carbonyl (C=O) groups is 2. The van der Waals surface area contributed by atoms with Crippen LogP contribution in [0.2, 0.25) is 0 Å². The molecule has 0 spiro atoms. The van der Waals surface area contributed by atoms with Gasteiger partial charge in [0.1, 0.15) is 0 Å². The van der Waals surface area contributed by atoms with Crippen molar-refractivity contribution in [3.63, 3.8) is 0 Å². The highest BCUT2D eigenvalue weighted by Gasteiger charge is 2.35. The van der Waals surface area contributed by atoms with E-state index in [4.69, 9.17) is 0 Å². The van der Waals surface area contributed by atoms with Crippen LogP contribution in [0.25, 0.3) is 0 Å². The molecule has 1 fully saturated rings. The van der Waals surface area contributed by atoms with Gasteiger partial charge in [0, 0.05) is 48.2 Å². The van der Waals surface area contributed by atoms with Crippen molar-refractivity contribution in [1.82, 2.24) is 9.62 Å². The molecule has 7 nitrogen and oxygen atoms in total. The first-order valence-electron chi connectivity index (χ1n) is 10.1. The molecular weight excluding hydrogens is 458 g/mol. The van der Waals surface area contributed by atoms with E-state index in [-0.39, 0.29) is 28.7 Å². The summed E-state index contributed by atoms with van der Waals surface area (Å²) in [5.41, 5.74) is 1.66. The first kappa shape index (κ1) is 22.2. The van der Waals surface area contributed by atoms with Crippen molar-refractivity contribution < 1.29 is 18.0 Å². The summed E-state index contributed by atoms with van der Waals surface area (Å²) in [6.07, 6.45) is 2.10. The van der Waals surface area contributed by atoms with Gasteiger partial charge < -0.3 is 10.2 Å². The Balaban J connectivity index is 1.80. The molecule has 2 heterocycles. The average molecular weight is 486 g/mol. The molecule has 9 heteroatoms. The van der Waals surface area contributed by atoms with Gasteiger partial charge in [-0.15, -0.1) is 0 Å². The predicted molar refractivity (Wildman–Crippen MR) is 115 cm³/mol. The molecule has 160 valence electrons. The number of benzene rings is 1. The van der Waals surface area contributed by atoms with Crippen LogP contribution in [0.3, 0.4) is 0 Å². The van der Waals surface area contributed by atoms with Crippen LogP contribution in [0, 0.1) is 5.92 Å². The summed E-state index contributed by atoms with van der Waals surface area (Å²) in [7, 11) is -3.73. The highest BCUT2D eigenvalue weighted by atomic mass is 79.9. The van der Waals surface area contributed by atoms with Crippen LogP contribution < -0.4 is 10.2 Å². The van der Waals surface area contributed by atoms with Gasteiger partial charge in [-0.05, 0) is 66.7 Å². The molecule has 0 bridgehead atoms. The molecule has 1 aromatic carbocycles. The van der Waals surface area contributed by atoms with Gasteiger partial charge in [0.2, 0.25) is 21.8 Å². The normalized spacial score (nSPS) is 18.2. The number of anilines is 1. The topological polar surface area (TPSA) is 86.8 Å². The third-order valence-corrected chi connectivity index (χ3v) is 8.36. The van der Waals surface area contributed by atoms with E-state index in [1.165, 1.54) is 4.31 Å². The minimum Gasteiger partial charge on any atom is -0.354 e. The molecule has 2 amide bonds. The number of fused-ring (bicyclic) bond motifs is 1. The Labute approximate surface area is 181 Å². The molecule has 29 heavy (non-hydrogen) atoms. The molecule has 0 aromatic heterocycles. The van der Waals surface area contributed by atoms with E-state index in [0.29, 0.717) is 49.1 Å². The Hall–Kier alpha value is -1.45. The maximum Gasteiger partial charge on any atom is 0.244 e. The van der Waals surface area contributed by atoms with E-state index < -0.39 is 10.0 Å². The highest BCUT2D eigenvalue weighted by molar-refractivity contribution is 9.10. The van der Waals surface area contributed by atoms with E-state index in [0.717, 1.165) is 12.0 Å². The molecule has 0 saturated carbocycles. The maximum absolute atomic E-state index is 13.3. The van der Waals surface area contributed by atoms with Gasteiger partial charge in [0.25, 0.3) is 0 Å². The Morgan fingerprint density at radius 3 is 2.45 bits per heavy atom. The van der Waals surface area contributed by atoms with Crippen LogP contribution in [0.4, 0.5) is 5.69 Å². The summed E-state index contributed by atoms with van der Waals surface area (Å²) in [6, 6.07) is 3.50. The number of hydrogen-bond donors (Lipinski definition) is 1. The van der Waals surface area contributed by atoms with Crippen molar-refractivity contribution in [2.45, 2.75) is 57.4 Å². The lowest BCUT2D eigenvalue weighted by atomic mass is 9.97. The fourth-order valence-electron chi connectivity index (χ4n) is 3.94. The second-order valence-corrected chi connectivity index (χ2v) is 10.7. The number of rotatable bonds is 5. The molecule has 0 aliphatic carbocycles. The predicted octanol–water partition coefficient (Wildman–Crippen LogP) is 2.67. The third kappa shape index (κ3) is 4.51. The fourth-order valence-corrected chi connectivity index (χ4v) is 6.48. The van der Waals surface area contributed by atoms with Gasteiger partial charge in [-0.1, -0.05) is 6.92 Å². The number of halogens is 1. The summed E-state index contributed by atoms with van der Waals surface area (Å²) in [4.78, 5) is 26.3. The zero-order chi connectivity index (χ0) is 21.3. The summed E-state index contributed by atoms with van der Waals surface area (Å²) in [6.45, 7) is 6.81. The van der Waals surface area contributed by atoms with Crippen LogP contribution in [0.15, 0.2) is 21.5 Å². The molecule has 0 unspecified atom stereocenters. The summed E-state index contributed by atoms with van der Waals surface area (Å²) >= 11 is 3.42. The first-order chi connectivity index (χ1) is 13.6. The van der Waals surface area contributed by atoms with Crippen LogP contribution in [0.5, 0.6) is 0 Å². The molecule has 0 radical (unpaired) electrons. The van der Waals surface area contributed by atoms with E-state index >= 15 is 0 Å². The second kappa shape index (κ2) is 8.73. The largest absolute Gasteiger partial charge is 0.354 e. The molecular formula is C20H28BrN3O4S. The van der Waals surface area contributed by atoms with Crippen molar-refractivity contribution in [2.24, 2.45) is 5.92 Å². The average Bonchev–Trinajstić information content (AvgIpc) is 3.08. The second-order valence-electron chi connectivity index (χ2n) is 7.90. The molecule has 1 saturated heterocycles. The Morgan fingerprint density at radius 1 is 1.21 bits per heavy atom. The lowest BCUT2D eigenvalue weighted by molar-refractivity contribution is -0.126. The van der Waals surface area contributed by atoms with Gasteiger partial charge in [0.05, 0.1) is 4.90 Å². The molecule has 2 aliphatic rings. The molecule has 0 atom stereocenters. The number of hydrogen-bond acceptors (Lipinski definition) is 4. The van der Waals surface area contributed by atoms with Gasteiger partial charge in [-0.3, -0.25) is 9.59 Å². The van der Waals surface area contributed by atoms with Gasteiger partial charge in [0.15, 0.2) is 0 Å². The highest BCUT2D eigenvalue weighted by Crippen LogP contribution is 2.37. The Kier molecular flexibility index (Phi) is 6.70. The number of nitrogens with zero attached hydrogens (tertiary/aromatic N) is 2. The fraction of sp³-hybridized carbons (Fsp3) is 0.600. The zero-order valence-corrected chi connectivity index (χ0v) is 19.5. The standard InChI is InChI=1S/C20H28BrN3O4S/c1-4-19(25)24-10-7-15-11-16(21)18(12-17(15)24)29(27,28)23-8-5-14(6-9-23)20(26)22-13(2)3/h11-14H,4-10H2,1-3H3,(H,22,26). The quantitative estimate of drug-likeness (QED) is 0.694. The number of carbonyl (C=O) groups excluding carboxylic acids is 2. The van der Waals surface area contributed by atoms with Crippen molar-refractivity contribution in [1.29, 1.82) is 0 Å². The summed E-state index contributed by atoms with van der Waals surface area (Å²) in [5.74, 6) is -0.180. The first-order valence-corrected chi connectivity index (χ1v) is 12.3. The van der Waals surface area contributed by atoms with Crippen LogP contribution in [-0.4, -0.2) is 50.2 Å². The number of sulfonamides is 1. The Bertz CT molecular complexity index is 909. The SMILES string of the molecule is CCC(=O)N1CCc2cc(Br)c(S(=O)(=O)N3CCC(C(=O)NC(C)C)CC3)cc21. The van der Waals surface area contributed by atoms with Gasteiger partial charge in [-0.25, -0.2) is 8.42 Å². The zero-order valence-electron chi connectivity index (χ0n) is 17.1. The van der Waals surface area contributed by atoms with Gasteiger partial charge in [-0.2, -0.15) is 4.31 Å². The lowest BCUT2D eigenvalue weighted by Crippen LogP contribution is -2.44. The smallest absolute Gasteiger partial charge is 0.244 e. The lowest BCUT2D eigenvalue weighted by Gasteiger charge is -2.31. The molecule has 2 aliphatic heterocycles. The molecule has 3 rings (SSSR count). The summed E-state index contributed by atoms with van der Waals surface area (Å²) in [5, 5.41) is 2.90. The molecule has 1 N–H and O–H groups in total.